The zero-order valence-electron chi connectivity index (χ0n) is 14.8. The first-order valence-electron chi connectivity index (χ1n) is 9.19. The van der Waals surface area contributed by atoms with Gasteiger partial charge in [-0.2, -0.15) is 11.8 Å². The van der Waals surface area contributed by atoms with Crippen LogP contribution in [0.25, 0.3) is 5.00 Å². The van der Waals surface area contributed by atoms with Crippen LogP contribution >= 0.6 is 23.1 Å². The second kappa shape index (κ2) is 7.09. The van der Waals surface area contributed by atoms with Crippen molar-refractivity contribution in [3.05, 3.63) is 70.4 Å². The second-order valence-electron chi connectivity index (χ2n) is 6.78. The average molecular weight is 397 g/mol. The Morgan fingerprint density at radius 3 is 2.93 bits per heavy atom. The molecule has 0 spiro atoms. The molecule has 0 fully saturated rings. The van der Waals surface area contributed by atoms with E-state index in [2.05, 4.69) is 9.88 Å². The summed E-state index contributed by atoms with van der Waals surface area (Å²) >= 11 is 3.70. The number of ether oxygens (including phenoxy) is 1. The van der Waals surface area contributed by atoms with Crippen molar-refractivity contribution in [1.29, 1.82) is 0 Å². The maximum Gasteiger partial charge on any atom is 0.255 e. The quantitative estimate of drug-likeness (QED) is 0.705. The highest BCUT2D eigenvalue weighted by Crippen LogP contribution is 2.39. The van der Waals surface area contributed by atoms with Crippen molar-refractivity contribution in [2.75, 3.05) is 12.4 Å². The van der Waals surface area contributed by atoms with Gasteiger partial charge in [0.2, 0.25) is 0 Å². The molecule has 1 aromatic carbocycles. The van der Waals surface area contributed by atoms with Crippen LogP contribution in [-0.2, 0) is 12.2 Å². The number of hydrogen-bond donors (Lipinski definition) is 1. The highest BCUT2D eigenvalue weighted by Gasteiger charge is 2.29. The summed E-state index contributed by atoms with van der Waals surface area (Å²) < 4.78 is 7.81. The minimum atomic E-state index is -0.00604. The summed E-state index contributed by atoms with van der Waals surface area (Å²) in [5.41, 5.74) is 3.16. The van der Waals surface area contributed by atoms with E-state index in [1.165, 1.54) is 10.4 Å². The van der Waals surface area contributed by atoms with Crippen LogP contribution in [0.3, 0.4) is 0 Å². The lowest BCUT2D eigenvalue weighted by Gasteiger charge is -2.27. The summed E-state index contributed by atoms with van der Waals surface area (Å²) in [4.78, 5) is 14.7. The third-order valence-electron chi connectivity index (χ3n) is 5.13. The highest BCUT2D eigenvalue weighted by molar-refractivity contribution is 7.98. The number of aromatic nitrogens is 1. The minimum absolute atomic E-state index is 0.00604. The van der Waals surface area contributed by atoms with Gasteiger partial charge in [-0.25, -0.2) is 0 Å². The van der Waals surface area contributed by atoms with E-state index in [1.54, 1.807) is 11.3 Å². The van der Waals surface area contributed by atoms with Crippen molar-refractivity contribution >= 4 is 29.0 Å². The Balaban J connectivity index is 1.51. The van der Waals surface area contributed by atoms with Crippen molar-refractivity contribution in [2.45, 2.75) is 24.6 Å². The van der Waals surface area contributed by atoms with Crippen LogP contribution in [0.2, 0.25) is 0 Å². The van der Waals surface area contributed by atoms with Gasteiger partial charge in [-0.05, 0) is 35.9 Å². The molecule has 0 aliphatic carbocycles. The monoisotopic (exact) mass is 396 g/mol. The van der Waals surface area contributed by atoms with Crippen LogP contribution in [0.15, 0.2) is 48.8 Å². The van der Waals surface area contributed by atoms with Gasteiger partial charge < -0.3 is 14.6 Å². The number of thiophene rings is 1. The third-order valence-corrected chi connectivity index (χ3v) is 7.55. The van der Waals surface area contributed by atoms with E-state index >= 15 is 0 Å². The molecule has 4 nitrogen and oxygen atoms in total. The summed E-state index contributed by atoms with van der Waals surface area (Å²) in [5.74, 6) is 2.99. The molecule has 2 aliphatic rings. The first kappa shape index (κ1) is 17.0. The van der Waals surface area contributed by atoms with Crippen molar-refractivity contribution in [1.82, 2.24) is 9.88 Å². The number of rotatable bonds is 3. The van der Waals surface area contributed by atoms with Crippen molar-refractivity contribution in [3.8, 4) is 10.8 Å². The Bertz CT molecular complexity index is 978. The predicted octanol–water partition coefficient (Wildman–Crippen LogP) is 4.58. The normalized spacial score (nSPS) is 18.3. The van der Waals surface area contributed by atoms with E-state index in [4.69, 9.17) is 4.74 Å². The number of hydrogen-bond acceptors (Lipinski definition) is 4. The molecule has 6 heteroatoms. The fourth-order valence-electron chi connectivity index (χ4n) is 3.83. The zero-order chi connectivity index (χ0) is 18.2. The van der Waals surface area contributed by atoms with Crippen LogP contribution in [0.4, 0.5) is 0 Å². The lowest BCUT2D eigenvalue weighted by Crippen LogP contribution is -2.33. The number of amides is 1. The Labute approximate surface area is 166 Å². The van der Waals surface area contributed by atoms with E-state index in [0.29, 0.717) is 6.61 Å². The smallest absolute Gasteiger partial charge is 0.255 e. The Morgan fingerprint density at radius 2 is 2.04 bits per heavy atom. The molecule has 27 heavy (non-hydrogen) atoms. The predicted molar refractivity (Wildman–Crippen MR) is 110 cm³/mol. The molecule has 0 bridgehead atoms. The minimum Gasteiger partial charge on any atom is -0.493 e. The SMILES string of the molecule is O=C(NC1CCOc2ccccc21)c1c(-n2cccc2)sc2c1CCSC2. The van der Waals surface area contributed by atoms with Crippen molar-refractivity contribution < 1.29 is 9.53 Å². The lowest BCUT2D eigenvalue weighted by atomic mass is 9.99. The van der Waals surface area contributed by atoms with Gasteiger partial charge in [0.25, 0.3) is 5.91 Å². The summed E-state index contributed by atoms with van der Waals surface area (Å²) in [6, 6.07) is 12.0. The fourth-order valence-corrected chi connectivity index (χ4v) is 6.27. The molecule has 1 N–H and O–H groups in total. The number of carbonyl (C=O) groups excluding carboxylic acids is 1. The van der Waals surface area contributed by atoms with E-state index in [-0.39, 0.29) is 11.9 Å². The Kier molecular flexibility index (Phi) is 4.45. The average Bonchev–Trinajstić information content (AvgIpc) is 3.36. The van der Waals surface area contributed by atoms with Crippen molar-refractivity contribution in [2.24, 2.45) is 0 Å². The number of fused-ring (bicyclic) bond motifs is 2. The maximum atomic E-state index is 13.4. The van der Waals surface area contributed by atoms with Gasteiger partial charge in [-0.3, -0.25) is 4.79 Å². The van der Waals surface area contributed by atoms with E-state index < -0.39 is 0 Å². The molecule has 2 aliphatic heterocycles. The van der Waals surface area contributed by atoms with Crippen molar-refractivity contribution in [3.63, 3.8) is 0 Å². The van der Waals surface area contributed by atoms with Crippen LogP contribution < -0.4 is 10.1 Å². The Hall–Kier alpha value is -2.18. The molecule has 5 rings (SSSR count). The van der Waals surface area contributed by atoms with Gasteiger partial charge in [-0.1, -0.05) is 18.2 Å². The van der Waals surface area contributed by atoms with E-state index in [1.807, 2.05) is 60.6 Å². The number of thioether (sulfide) groups is 1. The molecule has 138 valence electrons. The molecule has 0 saturated heterocycles. The second-order valence-corrected chi connectivity index (χ2v) is 8.97. The zero-order valence-corrected chi connectivity index (χ0v) is 16.4. The molecule has 1 unspecified atom stereocenters. The molecule has 3 aromatic rings. The molecule has 2 aromatic heterocycles. The summed E-state index contributed by atoms with van der Waals surface area (Å²) in [7, 11) is 0. The van der Waals surface area contributed by atoms with Gasteiger partial charge in [0.05, 0.1) is 18.2 Å². The molecule has 0 saturated carbocycles. The molecule has 1 amide bonds. The molecule has 0 radical (unpaired) electrons. The van der Waals surface area contributed by atoms with Gasteiger partial charge in [-0.15, -0.1) is 11.3 Å². The number of carbonyl (C=O) groups is 1. The first-order valence-corrected chi connectivity index (χ1v) is 11.2. The molecular formula is C21H20N2O2S2. The lowest BCUT2D eigenvalue weighted by molar-refractivity contribution is 0.0924. The number of para-hydroxylation sites is 1. The van der Waals surface area contributed by atoms with Gasteiger partial charge >= 0.3 is 0 Å². The first-order chi connectivity index (χ1) is 13.3. The fraction of sp³-hybridized carbons (Fsp3) is 0.286. The Morgan fingerprint density at radius 1 is 1.19 bits per heavy atom. The van der Waals surface area contributed by atoms with Crippen LogP contribution in [0.1, 0.15) is 38.8 Å². The third kappa shape index (κ3) is 3.07. The van der Waals surface area contributed by atoms with Gasteiger partial charge in [0, 0.05) is 35.0 Å². The molecule has 4 heterocycles. The molecule has 1 atom stereocenters. The maximum absolute atomic E-state index is 13.4. The summed E-state index contributed by atoms with van der Waals surface area (Å²) in [5, 5.41) is 4.33. The van der Waals surface area contributed by atoms with Crippen LogP contribution in [0.5, 0.6) is 5.75 Å². The topological polar surface area (TPSA) is 43.3 Å². The number of benzene rings is 1. The summed E-state index contributed by atoms with van der Waals surface area (Å²) in [6.45, 7) is 0.630. The molecular weight excluding hydrogens is 376 g/mol. The standard InChI is InChI=1S/C21H20N2O2S2/c24-20(22-16-7-11-25-17-6-2-1-5-14(16)17)19-15-8-12-26-13-18(15)27-21(19)23-9-3-4-10-23/h1-6,9-10,16H,7-8,11-13H2,(H,22,24). The van der Waals surface area contributed by atoms with E-state index in [9.17, 15) is 4.79 Å². The number of nitrogens with zero attached hydrogens (tertiary/aromatic N) is 1. The van der Waals surface area contributed by atoms with E-state index in [0.717, 1.165) is 46.2 Å². The van der Waals surface area contributed by atoms with Crippen LogP contribution in [-0.4, -0.2) is 22.8 Å². The number of nitrogens with one attached hydrogen (secondary N) is 1. The largest absolute Gasteiger partial charge is 0.493 e. The summed E-state index contributed by atoms with van der Waals surface area (Å²) in [6.07, 6.45) is 5.80. The van der Waals surface area contributed by atoms with Gasteiger partial charge in [0.1, 0.15) is 10.8 Å². The highest BCUT2D eigenvalue weighted by atomic mass is 32.2. The van der Waals surface area contributed by atoms with Crippen LogP contribution in [0, 0.1) is 0 Å². The van der Waals surface area contributed by atoms with Gasteiger partial charge in [0.15, 0.2) is 0 Å².